The number of phenols is 1. The molecule has 2 aromatic rings. The molecular weight excluding hydrogens is 314 g/mol. The molecule has 1 amide bonds. The average Bonchev–Trinajstić information content (AvgIpc) is 3.00. The summed E-state index contributed by atoms with van der Waals surface area (Å²) in [7, 11) is 0. The third-order valence-electron chi connectivity index (χ3n) is 4.46. The summed E-state index contributed by atoms with van der Waals surface area (Å²) in [4.78, 5) is 37.2. The monoisotopic (exact) mass is 331 g/mol. The van der Waals surface area contributed by atoms with Crippen molar-refractivity contribution in [3.63, 3.8) is 0 Å². The molecule has 7 nitrogen and oxygen atoms in total. The lowest BCUT2D eigenvalue weighted by molar-refractivity contribution is -0.148. The largest absolute Gasteiger partial charge is 0.508 e. The van der Waals surface area contributed by atoms with Gasteiger partial charge in [-0.2, -0.15) is 0 Å². The lowest BCUT2D eigenvalue weighted by Gasteiger charge is -2.21. The molecule has 2 N–H and O–H groups in total. The van der Waals surface area contributed by atoms with E-state index in [0.717, 1.165) is 0 Å². The first-order chi connectivity index (χ1) is 11.4. The highest BCUT2D eigenvalue weighted by atomic mass is 16.4. The van der Waals surface area contributed by atoms with Gasteiger partial charge < -0.3 is 19.5 Å². The summed E-state index contributed by atoms with van der Waals surface area (Å²) in [6, 6.07) is 3.60. The van der Waals surface area contributed by atoms with Crippen LogP contribution in [0.15, 0.2) is 27.4 Å². The average molecular weight is 331 g/mol. The summed E-state index contributed by atoms with van der Waals surface area (Å²) in [5, 5.41) is 19.3. The fourth-order valence-corrected chi connectivity index (χ4v) is 3.16. The third-order valence-corrected chi connectivity index (χ3v) is 4.46. The van der Waals surface area contributed by atoms with E-state index in [9.17, 15) is 24.6 Å². The Hall–Kier alpha value is -2.83. The SMILES string of the molecule is Cc1c(CC(=O)N2CCC[C@@H]2C(=O)O)c(=O)oc2cc(O)ccc12. The molecule has 1 saturated heterocycles. The van der Waals surface area contributed by atoms with Crippen LogP contribution in [0.1, 0.15) is 24.0 Å². The van der Waals surface area contributed by atoms with Gasteiger partial charge in [-0.1, -0.05) is 0 Å². The van der Waals surface area contributed by atoms with E-state index in [2.05, 4.69) is 0 Å². The van der Waals surface area contributed by atoms with Gasteiger partial charge in [0.25, 0.3) is 0 Å². The van der Waals surface area contributed by atoms with Gasteiger partial charge in [0.15, 0.2) is 0 Å². The second-order valence-electron chi connectivity index (χ2n) is 5.93. The van der Waals surface area contributed by atoms with Crippen molar-refractivity contribution in [2.75, 3.05) is 6.54 Å². The first-order valence-corrected chi connectivity index (χ1v) is 7.66. The molecule has 1 aliphatic heterocycles. The Morgan fingerprint density at radius 2 is 2.12 bits per heavy atom. The number of carbonyl (C=O) groups is 2. The normalized spacial score (nSPS) is 17.4. The number of benzene rings is 1. The summed E-state index contributed by atoms with van der Waals surface area (Å²) >= 11 is 0. The Morgan fingerprint density at radius 3 is 2.83 bits per heavy atom. The first-order valence-electron chi connectivity index (χ1n) is 7.66. The highest BCUT2D eigenvalue weighted by Crippen LogP contribution is 2.24. The zero-order chi connectivity index (χ0) is 17.4. The number of fused-ring (bicyclic) bond motifs is 1. The fraction of sp³-hybridized carbons (Fsp3) is 0.353. The molecule has 126 valence electrons. The van der Waals surface area contributed by atoms with Crippen LogP contribution in [-0.4, -0.2) is 39.6 Å². The first kappa shape index (κ1) is 16.0. The number of carboxylic acid groups (broad SMARTS) is 1. The van der Waals surface area contributed by atoms with Crippen molar-refractivity contribution >= 4 is 22.8 Å². The molecule has 1 atom stereocenters. The highest BCUT2D eigenvalue weighted by Gasteiger charge is 2.34. The molecule has 24 heavy (non-hydrogen) atoms. The lowest BCUT2D eigenvalue weighted by Crippen LogP contribution is -2.41. The maximum atomic E-state index is 12.5. The number of carboxylic acids is 1. The molecular formula is C17H17NO6. The summed E-state index contributed by atoms with van der Waals surface area (Å²) < 4.78 is 5.19. The van der Waals surface area contributed by atoms with Crippen LogP contribution in [0.5, 0.6) is 5.75 Å². The van der Waals surface area contributed by atoms with Crippen LogP contribution in [0.3, 0.4) is 0 Å². The van der Waals surface area contributed by atoms with Crippen molar-refractivity contribution in [2.24, 2.45) is 0 Å². The van der Waals surface area contributed by atoms with Gasteiger partial charge in [-0.05, 0) is 37.5 Å². The minimum Gasteiger partial charge on any atom is -0.508 e. The predicted octanol–water partition coefficient (Wildman–Crippen LogP) is 1.43. The number of carbonyl (C=O) groups excluding carboxylic acids is 1. The zero-order valence-electron chi connectivity index (χ0n) is 13.1. The second-order valence-corrected chi connectivity index (χ2v) is 5.93. The van der Waals surface area contributed by atoms with E-state index in [-0.39, 0.29) is 23.3 Å². The zero-order valence-corrected chi connectivity index (χ0v) is 13.1. The van der Waals surface area contributed by atoms with Crippen LogP contribution in [0.25, 0.3) is 11.0 Å². The van der Waals surface area contributed by atoms with Crippen molar-refractivity contribution in [1.82, 2.24) is 4.90 Å². The van der Waals surface area contributed by atoms with Gasteiger partial charge >= 0.3 is 11.6 Å². The number of phenolic OH excluding ortho intramolecular Hbond substituents is 1. The second kappa shape index (κ2) is 5.99. The molecule has 0 radical (unpaired) electrons. The Morgan fingerprint density at radius 1 is 1.38 bits per heavy atom. The Labute approximate surface area is 137 Å². The molecule has 0 bridgehead atoms. The van der Waals surface area contributed by atoms with Gasteiger partial charge in [0.2, 0.25) is 5.91 Å². The Bertz CT molecular complexity index is 885. The maximum absolute atomic E-state index is 12.5. The number of likely N-dealkylation sites (tertiary alicyclic amines) is 1. The van der Waals surface area contributed by atoms with Crippen LogP contribution >= 0.6 is 0 Å². The number of rotatable bonds is 3. The van der Waals surface area contributed by atoms with Gasteiger partial charge in [0.1, 0.15) is 17.4 Å². The summed E-state index contributed by atoms with van der Waals surface area (Å²) in [6.07, 6.45) is 0.855. The quantitative estimate of drug-likeness (QED) is 0.824. The van der Waals surface area contributed by atoms with Crippen LogP contribution < -0.4 is 5.63 Å². The van der Waals surface area contributed by atoms with E-state index in [1.54, 1.807) is 13.0 Å². The van der Waals surface area contributed by atoms with E-state index < -0.39 is 23.5 Å². The minimum absolute atomic E-state index is 0.0183. The van der Waals surface area contributed by atoms with Crippen LogP contribution in [0, 0.1) is 6.92 Å². The number of hydrogen-bond donors (Lipinski definition) is 2. The standard InChI is InChI=1S/C17H17NO6/c1-9-11-5-4-10(19)7-14(11)24-17(23)12(9)8-15(20)18-6-2-3-13(18)16(21)22/h4-5,7,13,19H,2-3,6,8H2,1H3,(H,21,22)/t13-/m1/s1. The topological polar surface area (TPSA) is 108 Å². The third kappa shape index (κ3) is 2.73. The van der Waals surface area contributed by atoms with Gasteiger partial charge in [0.05, 0.1) is 12.0 Å². The Balaban J connectivity index is 1.95. The van der Waals surface area contributed by atoms with Gasteiger partial charge in [0, 0.05) is 18.0 Å². The van der Waals surface area contributed by atoms with Crippen molar-refractivity contribution in [3.8, 4) is 5.75 Å². The molecule has 1 aliphatic rings. The highest BCUT2D eigenvalue weighted by molar-refractivity contribution is 5.88. The van der Waals surface area contributed by atoms with E-state index in [0.29, 0.717) is 30.3 Å². The van der Waals surface area contributed by atoms with E-state index >= 15 is 0 Å². The number of aliphatic carboxylic acids is 1. The number of aryl methyl sites for hydroxylation is 1. The predicted molar refractivity (Wildman–Crippen MR) is 85.0 cm³/mol. The molecule has 0 spiro atoms. The number of aromatic hydroxyl groups is 1. The summed E-state index contributed by atoms with van der Waals surface area (Å²) in [5.41, 5.74) is 0.415. The number of hydrogen-bond acceptors (Lipinski definition) is 5. The van der Waals surface area contributed by atoms with E-state index in [1.807, 2.05) is 0 Å². The molecule has 1 fully saturated rings. The van der Waals surface area contributed by atoms with Gasteiger partial charge in [-0.25, -0.2) is 9.59 Å². The number of amides is 1. The van der Waals surface area contributed by atoms with E-state index in [1.165, 1.54) is 17.0 Å². The van der Waals surface area contributed by atoms with Crippen LogP contribution in [-0.2, 0) is 16.0 Å². The van der Waals surface area contributed by atoms with E-state index in [4.69, 9.17) is 4.42 Å². The van der Waals surface area contributed by atoms with Crippen molar-refractivity contribution in [1.29, 1.82) is 0 Å². The lowest BCUT2D eigenvalue weighted by atomic mass is 10.0. The molecule has 0 saturated carbocycles. The fourth-order valence-electron chi connectivity index (χ4n) is 3.16. The molecule has 0 aliphatic carbocycles. The smallest absolute Gasteiger partial charge is 0.340 e. The molecule has 0 unspecified atom stereocenters. The molecule has 1 aromatic heterocycles. The maximum Gasteiger partial charge on any atom is 0.340 e. The molecule has 3 rings (SSSR count). The van der Waals surface area contributed by atoms with Crippen molar-refractivity contribution in [3.05, 3.63) is 39.7 Å². The Kier molecular flexibility index (Phi) is 4.01. The van der Waals surface area contributed by atoms with Crippen molar-refractivity contribution in [2.45, 2.75) is 32.2 Å². The van der Waals surface area contributed by atoms with Gasteiger partial charge in [-0.15, -0.1) is 0 Å². The van der Waals surface area contributed by atoms with Crippen molar-refractivity contribution < 1.29 is 24.2 Å². The summed E-state index contributed by atoms with van der Waals surface area (Å²) in [6.45, 7) is 2.08. The van der Waals surface area contributed by atoms with Gasteiger partial charge in [-0.3, -0.25) is 4.79 Å². The molecule has 7 heteroatoms. The van der Waals surface area contributed by atoms with Crippen LogP contribution in [0.2, 0.25) is 0 Å². The minimum atomic E-state index is -1.03. The number of nitrogens with zero attached hydrogens (tertiary/aromatic N) is 1. The molecule has 2 heterocycles. The van der Waals surface area contributed by atoms with Crippen LogP contribution in [0.4, 0.5) is 0 Å². The molecule has 1 aromatic carbocycles. The summed E-state index contributed by atoms with van der Waals surface area (Å²) in [5.74, 6) is -1.44.